The van der Waals surface area contributed by atoms with E-state index in [1.54, 1.807) is 6.20 Å². The van der Waals surface area contributed by atoms with Crippen molar-refractivity contribution < 1.29 is 0 Å². The monoisotopic (exact) mass is 304 g/mol. The van der Waals surface area contributed by atoms with Crippen LogP contribution in [0.25, 0.3) is 5.82 Å². The van der Waals surface area contributed by atoms with Crippen molar-refractivity contribution in [1.29, 1.82) is 0 Å². The topological polar surface area (TPSA) is 42.7 Å². The molecule has 0 aromatic carbocycles. The molecular weight excluding hydrogens is 284 g/mol. The summed E-state index contributed by atoms with van der Waals surface area (Å²) in [5, 5.41) is 8.75. The Morgan fingerprint density at radius 3 is 2.81 bits per heavy atom. The minimum Gasteiger partial charge on any atom is -0.308 e. The summed E-state index contributed by atoms with van der Waals surface area (Å²) in [6.45, 7) is 7.13. The van der Waals surface area contributed by atoms with Gasteiger partial charge in [-0.25, -0.2) is 9.67 Å². The summed E-state index contributed by atoms with van der Waals surface area (Å²) in [6, 6.07) is 4.09. The summed E-state index contributed by atoms with van der Waals surface area (Å²) in [5.41, 5.74) is 2.26. The fourth-order valence-electron chi connectivity index (χ4n) is 2.15. The number of hydrogen-bond donors (Lipinski definition) is 1. The van der Waals surface area contributed by atoms with Crippen LogP contribution in [0.5, 0.6) is 0 Å². The number of nitrogens with one attached hydrogen (secondary N) is 1. The third-order valence-corrected chi connectivity index (χ3v) is 3.91. The number of pyridine rings is 1. The third-order valence-electron chi connectivity index (χ3n) is 3.57. The van der Waals surface area contributed by atoms with Crippen LogP contribution < -0.4 is 5.32 Å². The van der Waals surface area contributed by atoms with Crippen LogP contribution in [0.4, 0.5) is 0 Å². The van der Waals surface area contributed by atoms with Gasteiger partial charge < -0.3 is 5.32 Å². The van der Waals surface area contributed by atoms with Crippen LogP contribution in [0.15, 0.2) is 24.5 Å². The van der Waals surface area contributed by atoms with Gasteiger partial charge in [-0.3, -0.25) is 0 Å². The third kappa shape index (κ3) is 3.63. The second-order valence-corrected chi connectivity index (χ2v) is 7.10. The summed E-state index contributed by atoms with van der Waals surface area (Å²) in [4.78, 5) is 4.39. The first-order valence-corrected chi connectivity index (χ1v) is 7.75. The molecule has 0 spiro atoms. The molecule has 5 heteroatoms. The van der Waals surface area contributed by atoms with Gasteiger partial charge in [-0.05, 0) is 51.3 Å². The molecule has 0 unspecified atom stereocenters. The molecule has 1 aliphatic carbocycles. The average Bonchev–Trinajstić information content (AvgIpc) is 3.15. The molecule has 0 bridgehead atoms. The zero-order chi connectivity index (χ0) is 15.0. The molecule has 21 heavy (non-hydrogen) atoms. The Bertz CT molecular complexity index is 638. The first-order chi connectivity index (χ1) is 9.92. The lowest BCUT2D eigenvalue weighted by molar-refractivity contribution is 0.424. The minimum atomic E-state index is 0.0532. The van der Waals surface area contributed by atoms with E-state index in [4.69, 9.17) is 11.6 Å². The van der Waals surface area contributed by atoms with Gasteiger partial charge in [0.15, 0.2) is 5.82 Å². The predicted molar refractivity (Wildman–Crippen MR) is 84.9 cm³/mol. The molecule has 4 nitrogen and oxygen atoms in total. The van der Waals surface area contributed by atoms with Crippen LogP contribution in [-0.4, -0.2) is 20.3 Å². The Kier molecular flexibility index (Phi) is 3.76. The van der Waals surface area contributed by atoms with E-state index < -0.39 is 0 Å². The van der Waals surface area contributed by atoms with E-state index in [0.29, 0.717) is 17.5 Å². The van der Waals surface area contributed by atoms with Crippen molar-refractivity contribution in [2.24, 2.45) is 0 Å². The molecule has 0 aliphatic heterocycles. The van der Waals surface area contributed by atoms with Gasteiger partial charge in [0, 0.05) is 30.4 Å². The molecule has 1 N–H and O–H groups in total. The fourth-order valence-corrected chi connectivity index (χ4v) is 2.32. The van der Waals surface area contributed by atoms with Crippen LogP contribution in [-0.2, 0) is 6.54 Å². The Morgan fingerprint density at radius 1 is 1.38 bits per heavy atom. The molecule has 2 aromatic heterocycles. The van der Waals surface area contributed by atoms with E-state index in [1.807, 2.05) is 16.9 Å². The zero-order valence-electron chi connectivity index (χ0n) is 12.7. The van der Waals surface area contributed by atoms with Crippen molar-refractivity contribution in [3.05, 3.63) is 40.8 Å². The fraction of sp³-hybridized carbons (Fsp3) is 0.500. The molecule has 1 fully saturated rings. The van der Waals surface area contributed by atoms with Crippen LogP contribution in [0.2, 0.25) is 5.02 Å². The molecule has 0 saturated heterocycles. The van der Waals surface area contributed by atoms with E-state index in [2.05, 4.69) is 42.2 Å². The van der Waals surface area contributed by atoms with Crippen LogP contribution >= 0.6 is 11.6 Å². The molecule has 0 radical (unpaired) electrons. The summed E-state index contributed by atoms with van der Waals surface area (Å²) < 4.78 is 1.84. The number of aromatic nitrogens is 3. The van der Waals surface area contributed by atoms with Crippen molar-refractivity contribution in [3.8, 4) is 5.82 Å². The summed E-state index contributed by atoms with van der Waals surface area (Å²) >= 11 is 6.25. The highest BCUT2D eigenvalue weighted by Crippen LogP contribution is 2.39. The Balaban J connectivity index is 1.81. The SMILES string of the molecule is CC(C)(C)NCc1cc(-n2ccc(C3CC3)n2)ncc1Cl. The number of halogens is 1. The molecule has 3 rings (SSSR count). The van der Waals surface area contributed by atoms with Crippen LogP contribution in [0.3, 0.4) is 0 Å². The first kappa shape index (κ1) is 14.5. The zero-order valence-corrected chi connectivity index (χ0v) is 13.5. The molecule has 112 valence electrons. The van der Waals surface area contributed by atoms with E-state index >= 15 is 0 Å². The predicted octanol–water partition coefficient (Wildman–Crippen LogP) is 3.69. The lowest BCUT2D eigenvalue weighted by Gasteiger charge is -2.21. The van der Waals surface area contributed by atoms with E-state index in [-0.39, 0.29) is 5.54 Å². The van der Waals surface area contributed by atoms with Crippen molar-refractivity contribution in [3.63, 3.8) is 0 Å². The Hall–Kier alpha value is -1.39. The number of rotatable bonds is 4. The highest BCUT2D eigenvalue weighted by molar-refractivity contribution is 6.31. The lowest BCUT2D eigenvalue weighted by Crippen LogP contribution is -2.35. The maximum Gasteiger partial charge on any atom is 0.153 e. The van der Waals surface area contributed by atoms with Gasteiger partial charge in [0.05, 0.1) is 10.7 Å². The Labute approximate surface area is 130 Å². The molecule has 2 heterocycles. The number of nitrogens with zero attached hydrogens (tertiary/aromatic N) is 3. The summed E-state index contributed by atoms with van der Waals surface area (Å²) in [5.74, 6) is 1.47. The minimum absolute atomic E-state index is 0.0532. The second kappa shape index (κ2) is 5.43. The second-order valence-electron chi connectivity index (χ2n) is 6.70. The van der Waals surface area contributed by atoms with Crippen molar-refractivity contribution >= 4 is 11.6 Å². The molecule has 0 atom stereocenters. The van der Waals surface area contributed by atoms with Gasteiger partial charge in [-0.15, -0.1) is 0 Å². The Morgan fingerprint density at radius 2 is 2.14 bits per heavy atom. The highest BCUT2D eigenvalue weighted by Gasteiger charge is 2.26. The lowest BCUT2D eigenvalue weighted by atomic mass is 10.1. The molecular formula is C16H21ClN4. The van der Waals surface area contributed by atoms with E-state index in [1.165, 1.54) is 18.5 Å². The van der Waals surface area contributed by atoms with Crippen LogP contribution in [0.1, 0.15) is 50.8 Å². The molecule has 1 aliphatic rings. The largest absolute Gasteiger partial charge is 0.308 e. The normalized spacial score (nSPS) is 15.4. The van der Waals surface area contributed by atoms with E-state index in [9.17, 15) is 0 Å². The maximum atomic E-state index is 6.25. The van der Waals surface area contributed by atoms with Gasteiger partial charge in [-0.1, -0.05) is 11.6 Å². The van der Waals surface area contributed by atoms with Crippen LogP contribution in [0, 0.1) is 0 Å². The van der Waals surface area contributed by atoms with Gasteiger partial charge >= 0.3 is 0 Å². The summed E-state index contributed by atoms with van der Waals surface area (Å²) in [7, 11) is 0. The quantitative estimate of drug-likeness (QED) is 0.937. The molecule has 1 saturated carbocycles. The van der Waals surface area contributed by atoms with Gasteiger partial charge in [-0.2, -0.15) is 5.10 Å². The van der Waals surface area contributed by atoms with E-state index in [0.717, 1.165) is 11.4 Å². The smallest absolute Gasteiger partial charge is 0.153 e. The van der Waals surface area contributed by atoms with Gasteiger partial charge in [0.25, 0.3) is 0 Å². The van der Waals surface area contributed by atoms with Gasteiger partial charge in [0.1, 0.15) is 0 Å². The van der Waals surface area contributed by atoms with Gasteiger partial charge in [0.2, 0.25) is 0 Å². The standard InChI is InChI=1S/C16H21ClN4/c1-16(2,3)19-9-12-8-15(18-10-13(12)17)21-7-6-14(20-21)11-4-5-11/h6-8,10-11,19H,4-5,9H2,1-3H3. The molecule has 2 aromatic rings. The molecule has 0 amide bonds. The average molecular weight is 305 g/mol. The van der Waals surface area contributed by atoms with Crippen molar-refractivity contribution in [2.45, 2.75) is 51.6 Å². The number of hydrogen-bond acceptors (Lipinski definition) is 3. The van der Waals surface area contributed by atoms with Crippen molar-refractivity contribution in [2.75, 3.05) is 0 Å². The van der Waals surface area contributed by atoms with Crippen molar-refractivity contribution in [1.82, 2.24) is 20.1 Å². The highest BCUT2D eigenvalue weighted by atomic mass is 35.5. The maximum absolute atomic E-state index is 6.25. The first-order valence-electron chi connectivity index (χ1n) is 7.38. The summed E-state index contributed by atoms with van der Waals surface area (Å²) in [6.07, 6.45) is 6.19.